The normalized spacial score (nSPS) is 11.8. The summed E-state index contributed by atoms with van der Waals surface area (Å²) in [5, 5.41) is 9.16. The maximum absolute atomic E-state index is 13.5. The number of rotatable bonds is 3. The van der Waals surface area contributed by atoms with Crippen molar-refractivity contribution in [3.8, 4) is 6.07 Å². The summed E-state index contributed by atoms with van der Waals surface area (Å²) >= 11 is 0. The minimum absolute atomic E-state index is 0.247. The van der Waals surface area contributed by atoms with Crippen LogP contribution in [-0.2, 0) is 6.42 Å². The standard InChI is InChI=1S/C15H12FN/c16-15-9-5-4-8-13(15)10-14(11-17)12-6-2-1-3-7-12/h1-9,14H,10H2. The average Bonchev–Trinajstić information content (AvgIpc) is 2.39. The first kappa shape index (κ1) is 11.3. The lowest BCUT2D eigenvalue weighted by molar-refractivity contribution is 0.604. The molecular weight excluding hydrogens is 213 g/mol. The molecule has 2 aromatic carbocycles. The van der Waals surface area contributed by atoms with Crippen LogP contribution in [0.25, 0.3) is 0 Å². The molecule has 2 rings (SSSR count). The van der Waals surface area contributed by atoms with Crippen molar-refractivity contribution in [1.29, 1.82) is 5.26 Å². The smallest absolute Gasteiger partial charge is 0.126 e. The first-order chi connectivity index (χ1) is 8.31. The van der Waals surface area contributed by atoms with Crippen molar-refractivity contribution in [2.24, 2.45) is 0 Å². The van der Waals surface area contributed by atoms with Crippen LogP contribution in [0, 0.1) is 17.1 Å². The van der Waals surface area contributed by atoms with Gasteiger partial charge in [0.15, 0.2) is 0 Å². The van der Waals surface area contributed by atoms with Crippen LogP contribution in [-0.4, -0.2) is 0 Å². The Bertz CT molecular complexity index is 528. The van der Waals surface area contributed by atoms with Crippen molar-refractivity contribution in [1.82, 2.24) is 0 Å². The zero-order valence-corrected chi connectivity index (χ0v) is 9.31. The summed E-state index contributed by atoms with van der Waals surface area (Å²) in [7, 11) is 0. The minimum atomic E-state index is -0.298. The maximum Gasteiger partial charge on any atom is 0.126 e. The second kappa shape index (κ2) is 5.27. The van der Waals surface area contributed by atoms with Crippen LogP contribution in [0.4, 0.5) is 4.39 Å². The lowest BCUT2D eigenvalue weighted by Gasteiger charge is -2.09. The molecule has 0 N–H and O–H groups in total. The predicted octanol–water partition coefficient (Wildman–Crippen LogP) is 3.68. The van der Waals surface area contributed by atoms with Crippen molar-refractivity contribution in [3.63, 3.8) is 0 Å². The fraction of sp³-hybridized carbons (Fsp3) is 0.133. The van der Waals surface area contributed by atoms with Gasteiger partial charge in [0.25, 0.3) is 0 Å². The largest absolute Gasteiger partial charge is 0.207 e. The molecule has 0 aliphatic carbocycles. The molecule has 0 bridgehead atoms. The molecular formula is C15H12FN. The molecule has 0 aliphatic heterocycles. The Labute approximate surface area is 100 Å². The Morgan fingerprint density at radius 2 is 1.65 bits per heavy atom. The zero-order valence-electron chi connectivity index (χ0n) is 9.31. The van der Waals surface area contributed by atoms with Crippen molar-refractivity contribution in [2.75, 3.05) is 0 Å². The van der Waals surface area contributed by atoms with E-state index < -0.39 is 0 Å². The Morgan fingerprint density at radius 3 is 2.29 bits per heavy atom. The van der Waals surface area contributed by atoms with Gasteiger partial charge in [-0.3, -0.25) is 0 Å². The topological polar surface area (TPSA) is 23.8 Å². The summed E-state index contributed by atoms with van der Waals surface area (Å²) in [6.45, 7) is 0. The third-order valence-electron chi connectivity index (χ3n) is 2.74. The van der Waals surface area contributed by atoms with E-state index in [-0.39, 0.29) is 11.7 Å². The molecule has 84 valence electrons. The second-order valence-electron chi connectivity index (χ2n) is 3.89. The molecule has 0 amide bonds. The molecule has 0 spiro atoms. The third-order valence-corrected chi connectivity index (χ3v) is 2.74. The third kappa shape index (κ3) is 2.70. The molecule has 17 heavy (non-hydrogen) atoms. The van der Waals surface area contributed by atoms with E-state index in [0.29, 0.717) is 12.0 Å². The Kier molecular flexibility index (Phi) is 3.52. The van der Waals surface area contributed by atoms with Crippen molar-refractivity contribution in [3.05, 3.63) is 71.5 Å². The number of hydrogen-bond acceptors (Lipinski definition) is 1. The number of halogens is 1. The zero-order chi connectivity index (χ0) is 12.1. The van der Waals surface area contributed by atoms with E-state index in [1.807, 2.05) is 30.3 Å². The van der Waals surface area contributed by atoms with Crippen molar-refractivity contribution >= 4 is 0 Å². The highest BCUT2D eigenvalue weighted by atomic mass is 19.1. The predicted molar refractivity (Wildman–Crippen MR) is 64.9 cm³/mol. The lowest BCUT2D eigenvalue weighted by Crippen LogP contribution is -2.02. The average molecular weight is 225 g/mol. The molecule has 0 aromatic heterocycles. The van der Waals surface area contributed by atoms with Gasteiger partial charge in [-0.1, -0.05) is 48.5 Å². The number of nitrogens with zero attached hydrogens (tertiary/aromatic N) is 1. The molecule has 0 heterocycles. The van der Waals surface area contributed by atoms with Crippen LogP contribution in [0.1, 0.15) is 17.0 Å². The number of hydrogen-bond donors (Lipinski definition) is 0. The molecule has 0 saturated heterocycles. The van der Waals surface area contributed by atoms with E-state index in [2.05, 4.69) is 6.07 Å². The Balaban J connectivity index is 2.23. The van der Waals surface area contributed by atoms with Crippen molar-refractivity contribution < 1.29 is 4.39 Å². The quantitative estimate of drug-likeness (QED) is 0.781. The maximum atomic E-state index is 13.5. The van der Waals surface area contributed by atoms with E-state index in [4.69, 9.17) is 5.26 Å². The van der Waals surface area contributed by atoms with Gasteiger partial charge in [0.05, 0.1) is 12.0 Å². The highest BCUT2D eigenvalue weighted by Gasteiger charge is 2.13. The van der Waals surface area contributed by atoms with Gasteiger partial charge in [0, 0.05) is 0 Å². The molecule has 0 radical (unpaired) electrons. The van der Waals surface area contributed by atoms with Gasteiger partial charge in [-0.2, -0.15) is 5.26 Å². The van der Waals surface area contributed by atoms with E-state index in [9.17, 15) is 4.39 Å². The fourth-order valence-corrected chi connectivity index (χ4v) is 1.81. The first-order valence-corrected chi connectivity index (χ1v) is 5.49. The summed E-state index contributed by atoms with van der Waals surface area (Å²) in [5.74, 6) is -0.545. The van der Waals surface area contributed by atoms with Gasteiger partial charge >= 0.3 is 0 Å². The van der Waals surface area contributed by atoms with Gasteiger partial charge in [-0.05, 0) is 23.6 Å². The molecule has 0 fully saturated rings. The van der Waals surface area contributed by atoms with E-state index in [0.717, 1.165) is 5.56 Å². The highest BCUT2D eigenvalue weighted by molar-refractivity contribution is 5.29. The summed E-state index contributed by atoms with van der Waals surface area (Å²) in [5.41, 5.74) is 1.51. The Morgan fingerprint density at radius 1 is 1.00 bits per heavy atom. The van der Waals surface area contributed by atoms with Gasteiger partial charge in [-0.15, -0.1) is 0 Å². The molecule has 1 unspecified atom stereocenters. The minimum Gasteiger partial charge on any atom is -0.207 e. The first-order valence-electron chi connectivity index (χ1n) is 5.49. The summed E-state index contributed by atoms with van der Waals surface area (Å²) in [6.07, 6.45) is 0.410. The molecule has 2 aromatic rings. The SMILES string of the molecule is N#CC(Cc1ccccc1F)c1ccccc1. The van der Waals surface area contributed by atoms with Crippen LogP contribution in [0.5, 0.6) is 0 Å². The van der Waals surface area contributed by atoms with Crippen LogP contribution in [0.15, 0.2) is 54.6 Å². The Hall–Kier alpha value is -2.14. The summed E-state index contributed by atoms with van der Waals surface area (Å²) in [4.78, 5) is 0. The van der Waals surface area contributed by atoms with E-state index in [1.165, 1.54) is 6.07 Å². The molecule has 1 nitrogen and oxygen atoms in total. The monoisotopic (exact) mass is 225 g/mol. The summed E-state index contributed by atoms with van der Waals surface area (Å²) in [6, 6.07) is 18.3. The van der Waals surface area contributed by atoms with Crippen LogP contribution in [0.2, 0.25) is 0 Å². The number of benzene rings is 2. The molecule has 0 aliphatic rings. The van der Waals surface area contributed by atoms with Gasteiger partial charge in [-0.25, -0.2) is 4.39 Å². The molecule has 2 heteroatoms. The van der Waals surface area contributed by atoms with Gasteiger partial charge in [0.1, 0.15) is 5.82 Å². The highest BCUT2D eigenvalue weighted by Crippen LogP contribution is 2.21. The fourth-order valence-electron chi connectivity index (χ4n) is 1.81. The second-order valence-corrected chi connectivity index (χ2v) is 3.89. The number of nitriles is 1. The van der Waals surface area contributed by atoms with Crippen LogP contribution in [0.3, 0.4) is 0 Å². The van der Waals surface area contributed by atoms with Gasteiger partial charge < -0.3 is 0 Å². The summed E-state index contributed by atoms with van der Waals surface area (Å²) < 4.78 is 13.5. The van der Waals surface area contributed by atoms with Crippen molar-refractivity contribution in [2.45, 2.75) is 12.3 Å². The van der Waals surface area contributed by atoms with Crippen LogP contribution >= 0.6 is 0 Å². The van der Waals surface area contributed by atoms with Crippen LogP contribution < -0.4 is 0 Å². The molecule has 1 atom stereocenters. The van der Waals surface area contributed by atoms with Gasteiger partial charge in [0.2, 0.25) is 0 Å². The molecule has 0 saturated carbocycles. The van der Waals surface area contributed by atoms with E-state index in [1.54, 1.807) is 18.2 Å². The lowest BCUT2D eigenvalue weighted by atomic mass is 9.93. The van der Waals surface area contributed by atoms with E-state index >= 15 is 0 Å².